The fourth-order valence-electron chi connectivity index (χ4n) is 1.83. The van der Waals surface area contributed by atoms with Gasteiger partial charge in [-0.2, -0.15) is 0 Å². The molecule has 2 rings (SSSR count). The first-order valence-electron chi connectivity index (χ1n) is 5.32. The largest absolute Gasteiger partial charge is 0.312 e. The van der Waals surface area contributed by atoms with Gasteiger partial charge in [0.2, 0.25) is 5.91 Å². The summed E-state index contributed by atoms with van der Waals surface area (Å²) < 4.78 is 26.0. The van der Waals surface area contributed by atoms with Gasteiger partial charge in [0.25, 0.3) is 11.6 Å². The Morgan fingerprint density at radius 2 is 1.89 bits per heavy atom. The predicted octanol–water partition coefficient (Wildman–Crippen LogP) is 2.36. The van der Waals surface area contributed by atoms with Crippen LogP contribution in [-0.4, -0.2) is 23.3 Å². The Balaban J connectivity index is 2.17. The molecule has 0 aliphatic carbocycles. The Kier molecular flexibility index (Phi) is 2.98. The second kappa shape index (κ2) is 4.32. The second-order valence-corrected chi connectivity index (χ2v) is 4.10. The van der Waals surface area contributed by atoms with Crippen molar-refractivity contribution in [2.75, 3.05) is 11.4 Å². The number of nitrogens with zero attached hydrogens (tertiary/aromatic N) is 2. The summed E-state index contributed by atoms with van der Waals surface area (Å²) >= 11 is 0. The van der Waals surface area contributed by atoms with E-state index in [1.807, 2.05) is 0 Å². The van der Waals surface area contributed by atoms with E-state index in [1.54, 1.807) is 0 Å². The van der Waals surface area contributed by atoms with Gasteiger partial charge in [-0.1, -0.05) is 0 Å². The highest BCUT2D eigenvalue weighted by molar-refractivity contribution is 5.94. The molecule has 0 radical (unpaired) electrons. The molecule has 0 aromatic heterocycles. The van der Waals surface area contributed by atoms with Gasteiger partial charge < -0.3 is 4.90 Å². The molecule has 0 N–H and O–H groups in total. The zero-order valence-electron chi connectivity index (χ0n) is 9.31. The monoisotopic (exact) mass is 256 g/mol. The first-order chi connectivity index (χ1) is 8.39. The van der Waals surface area contributed by atoms with Gasteiger partial charge in [0, 0.05) is 30.8 Å². The Bertz CT molecular complexity index is 488. The Morgan fingerprint density at radius 1 is 1.28 bits per heavy atom. The number of carbonyl (C=O) groups is 1. The number of anilines is 1. The van der Waals surface area contributed by atoms with E-state index in [0.717, 1.165) is 0 Å². The summed E-state index contributed by atoms with van der Waals surface area (Å²) in [4.78, 5) is 22.7. The van der Waals surface area contributed by atoms with Gasteiger partial charge >= 0.3 is 0 Å². The van der Waals surface area contributed by atoms with E-state index in [1.165, 1.54) is 29.2 Å². The standard InChI is InChI=1S/C11H10F2N2O3/c12-11(13)5-6-14(10(16)7-11)8-1-3-9(4-2-8)15(17)18/h1-4H,5-7H2. The average Bonchev–Trinajstić information content (AvgIpc) is 2.28. The number of carbonyl (C=O) groups excluding carboxylic acids is 1. The van der Waals surface area contributed by atoms with Crippen molar-refractivity contribution in [3.05, 3.63) is 34.4 Å². The summed E-state index contributed by atoms with van der Waals surface area (Å²) in [6.45, 7) is -0.0797. The first kappa shape index (κ1) is 12.4. The van der Waals surface area contributed by atoms with Crippen molar-refractivity contribution in [1.29, 1.82) is 0 Å². The van der Waals surface area contributed by atoms with Crippen LogP contribution in [0.3, 0.4) is 0 Å². The van der Waals surface area contributed by atoms with Crippen molar-refractivity contribution in [1.82, 2.24) is 0 Å². The van der Waals surface area contributed by atoms with E-state index in [9.17, 15) is 23.7 Å². The van der Waals surface area contributed by atoms with Crippen molar-refractivity contribution in [2.24, 2.45) is 0 Å². The molecule has 0 unspecified atom stereocenters. The van der Waals surface area contributed by atoms with Gasteiger partial charge in [-0.05, 0) is 12.1 Å². The fourth-order valence-corrected chi connectivity index (χ4v) is 1.83. The van der Waals surface area contributed by atoms with Crippen molar-refractivity contribution >= 4 is 17.3 Å². The zero-order valence-corrected chi connectivity index (χ0v) is 9.31. The number of hydrogen-bond donors (Lipinski definition) is 0. The number of hydrogen-bond acceptors (Lipinski definition) is 3. The molecule has 0 atom stereocenters. The molecule has 1 aliphatic rings. The van der Waals surface area contributed by atoms with Crippen molar-refractivity contribution in [3.63, 3.8) is 0 Å². The average molecular weight is 256 g/mol. The minimum absolute atomic E-state index is 0.0797. The van der Waals surface area contributed by atoms with Gasteiger partial charge in [-0.25, -0.2) is 8.78 Å². The Labute approximate surface area is 101 Å². The van der Waals surface area contributed by atoms with Crippen molar-refractivity contribution < 1.29 is 18.5 Å². The molecule has 1 aromatic rings. The minimum Gasteiger partial charge on any atom is -0.312 e. The van der Waals surface area contributed by atoms with Gasteiger partial charge in [-0.15, -0.1) is 0 Å². The van der Waals surface area contributed by atoms with Gasteiger partial charge in [-0.3, -0.25) is 14.9 Å². The molecule has 1 aliphatic heterocycles. The molecule has 0 spiro atoms. The summed E-state index contributed by atoms with van der Waals surface area (Å²) in [5, 5.41) is 10.5. The zero-order chi connectivity index (χ0) is 13.3. The minimum atomic E-state index is -2.95. The maximum absolute atomic E-state index is 13.0. The van der Waals surface area contributed by atoms with Crippen LogP contribution in [0, 0.1) is 10.1 Å². The van der Waals surface area contributed by atoms with E-state index in [2.05, 4.69) is 0 Å². The number of alkyl halides is 2. The van der Waals surface area contributed by atoms with Crippen LogP contribution in [0.15, 0.2) is 24.3 Å². The summed E-state index contributed by atoms with van der Waals surface area (Å²) in [5.41, 5.74) is 0.301. The van der Waals surface area contributed by atoms with Crippen LogP contribution < -0.4 is 4.90 Å². The molecular formula is C11H10F2N2O3. The van der Waals surface area contributed by atoms with Gasteiger partial charge in [0.1, 0.15) is 0 Å². The molecule has 18 heavy (non-hydrogen) atoms. The fraction of sp³-hybridized carbons (Fsp3) is 0.364. The summed E-state index contributed by atoms with van der Waals surface area (Å²) in [6.07, 6.45) is -1.21. The topological polar surface area (TPSA) is 63.5 Å². The lowest BCUT2D eigenvalue weighted by Gasteiger charge is -2.31. The molecule has 5 nitrogen and oxygen atoms in total. The lowest BCUT2D eigenvalue weighted by molar-refractivity contribution is -0.384. The SMILES string of the molecule is O=C1CC(F)(F)CCN1c1ccc([N+](=O)[O-])cc1. The number of non-ortho nitro benzene ring substituents is 1. The van der Waals surface area contributed by atoms with E-state index in [0.29, 0.717) is 5.69 Å². The van der Waals surface area contributed by atoms with Crippen LogP contribution in [0.25, 0.3) is 0 Å². The number of piperidine rings is 1. The molecule has 1 saturated heterocycles. The second-order valence-electron chi connectivity index (χ2n) is 4.10. The predicted molar refractivity (Wildman–Crippen MR) is 59.6 cm³/mol. The van der Waals surface area contributed by atoms with Crippen LogP contribution in [0.2, 0.25) is 0 Å². The Morgan fingerprint density at radius 3 is 2.39 bits per heavy atom. The third-order valence-corrected chi connectivity index (χ3v) is 2.78. The quantitative estimate of drug-likeness (QED) is 0.602. The normalized spacial score (nSPS) is 18.8. The number of nitro benzene ring substituents is 1. The maximum atomic E-state index is 13.0. The number of amides is 1. The highest BCUT2D eigenvalue weighted by Gasteiger charge is 2.39. The molecular weight excluding hydrogens is 246 g/mol. The third kappa shape index (κ3) is 2.44. The number of benzene rings is 1. The van der Waals surface area contributed by atoms with E-state index < -0.39 is 29.6 Å². The summed E-state index contributed by atoms with van der Waals surface area (Å²) in [5.74, 6) is -3.62. The molecule has 0 saturated carbocycles. The van der Waals surface area contributed by atoms with Crippen LogP contribution in [-0.2, 0) is 4.79 Å². The molecule has 1 aromatic carbocycles. The molecule has 0 bridgehead atoms. The van der Waals surface area contributed by atoms with Crippen molar-refractivity contribution in [2.45, 2.75) is 18.8 Å². The Hall–Kier alpha value is -2.05. The first-order valence-corrected chi connectivity index (χ1v) is 5.32. The van der Waals surface area contributed by atoms with Gasteiger partial charge in [0.15, 0.2) is 0 Å². The van der Waals surface area contributed by atoms with Gasteiger partial charge in [0.05, 0.1) is 11.3 Å². The van der Waals surface area contributed by atoms with Crippen LogP contribution >= 0.6 is 0 Å². The highest BCUT2D eigenvalue weighted by atomic mass is 19.3. The van der Waals surface area contributed by atoms with E-state index in [4.69, 9.17) is 0 Å². The lowest BCUT2D eigenvalue weighted by Crippen LogP contribution is -2.43. The molecule has 7 heteroatoms. The molecule has 1 heterocycles. The van der Waals surface area contributed by atoms with Crippen LogP contribution in [0.5, 0.6) is 0 Å². The third-order valence-electron chi connectivity index (χ3n) is 2.78. The molecule has 1 fully saturated rings. The van der Waals surface area contributed by atoms with Crippen LogP contribution in [0.1, 0.15) is 12.8 Å². The van der Waals surface area contributed by atoms with Crippen molar-refractivity contribution in [3.8, 4) is 0 Å². The summed E-state index contributed by atoms with van der Waals surface area (Å²) in [7, 11) is 0. The number of nitro groups is 1. The number of halogens is 2. The smallest absolute Gasteiger partial charge is 0.269 e. The summed E-state index contributed by atoms with van der Waals surface area (Å²) in [6, 6.07) is 5.27. The molecule has 96 valence electrons. The molecule has 1 amide bonds. The van der Waals surface area contributed by atoms with E-state index >= 15 is 0 Å². The highest BCUT2D eigenvalue weighted by Crippen LogP contribution is 2.31. The number of rotatable bonds is 2. The lowest BCUT2D eigenvalue weighted by atomic mass is 10.1. The van der Waals surface area contributed by atoms with Crippen LogP contribution in [0.4, 0.5) is 20.2 Å². The maximum Gasteiger partial charge on any atom is 0.269 e. The van der Waals surface area contributed by atoms with E-state index in [-0.39, 0.29) is 12.2 Å².